The number of allylic oxidation sites excluding steroid dienone is 1. The van der Waals surface area contributed by atoms with Gasteiger partial charge in [-0.1, -0.05) is 29.8 Å². The van der Waals surface area contributed by atoms with Gasteiger partial charge in [0.1, 0.15) is 0 Å². The van der Waals surface area contributed by atoms with E-state index in [0.717, 1.165) is 28.9 Å². The normalized spacial score (nSPS) is 13.9. The van der Waals surface area contributed by atoms with Gasteiger partial charge >= 0.3 is 0 Å². The Morgan fingerprint density at radius 2 is 1.56 bits per heavy atom. The number of phenolic OH excluding ortho intramolecular Hbond substituents is 2. The molecule has 3 N–H and O–H groups in total. The Bertz CT molecular complexity index is 1330. The van der Waals surface area contributed by atoms with Crippen LogP contribution in [0.5, 0.6) is 11.5 Å². The van der Waals surface area contributed by atoms with Crippen molar-refractivity contribution in [2.75, 3.05) is 18.5 Å². The van der Waals surface area contributed by atoms with Crippen LogP contribution in [-0.2, 0) is 16.5 Å². The van der Waals surface area contributed by atoms with Crippen LogP contribution in [-0.4, -0.2) is 42.6 Å². The predicted molar refractivity (Wildman–Crippen MR) is 132 cm³/mol. The molecule has 0 amide bonds. The van der Waals surface area contributed by atoms with Crippen molar-refractivity contribution in [2.45, 2.75) is 25.2 Å². The van der Waals surface area contributed by atoms with E-state index in [1.165, 1.54) is 24.3 Å². The quantitative estimate of drug-likeness (QED) is 0.283. The van der Waals surface area contributed by atoms with E-state index in [0.29, 0.717) is 17.6 Å². The molecule has 178 valence electrons. The highest BCUT2D eigenvalue weighted by molar-refractivity contribution is 7.85. The Hall–Kier alpha value is -3.62. The van der Waals surface area contributed by atoms with Gasteiger partial charge in [0, 0.05) is 36.8 Å². The zero-order valence-corrected chi connectivity index (χ0v) is 20.0. The fourth-order valence-electron chi connectivity index (χ4n) is 3.47. The van der Waals surface area contributed by atoms with Gasteiger partial charge in [0.25, 0.3) is 10.1 Å². The predicted octanol–water partition coefficient (Wildman–Crippen LogP) is 4.62. The van der Waals surface area contributed by atoms with Crippen molar-refractivity contribution in [1.82, 2.24) is 0 Å². The Morgan fingerprint density at radius 3 is 2.12 bits per heavy atom. The number of fused-ring (bicyclic) bond motifs is 1. The van der Waals surface area contributed by atoms with Crippen molar-refractivity contribution < 1.29 is 28.0 Å². The van der Waals surface area contributed by atoms with E-state index in [9.17, 15) is 23.4 Å². The third-order valence-corrected chi connectivity index (χ3v) is 6.45. The van der Waals surface area contributed by atoms with Crippen molar-refractivity contribution >= 4 is 27.7 Å². The summed E-state index contributed by atoms with van der Waals surface area (Å²) in [6.45, 7) is 4.87. The fraction of sp³-hybridized carbons (Fsp3) is 0.192. The maximum absolute atomic E-state index is 12.4. The number of carbonyl (C=O) groups is 1. The van der Waals surface area contributed by atoms with E-state index in [2.05, 4.69) is 11.8 Å². The Kier molecular flexibility index (Phi) is 7.44. The Labute approximate surface area is 199 Å². The third-order valence-electron chi connectivity index (χ3n) is 5.59. The summed E-state index contributed by atoms with van der Waals surface area (Å²) in [5.74, 6) is -0.542. The fourth-order valence-corrected chi connectivity index (χ4v) is 3.95. The molecule has 0 heterocycles. The number of nitrogens with zero attached hydrogens (tertiary/aromatic N) is 1. The smallest absolute Gasteiger partial charge is 0.294 e. The van der Waals surface area contributed by atoms with Crippen LogP contribution in [0.3, 0.4) is 0 Å². The van der Waals surface area contributed by atoms with Crippen LogP contribution < -0.4 is 4.90 Å². The molecule has 0 spiro atoms. The molecule has 34 heavy (non-hydrogen) atoms. The molecule has 0 unspecified atom stereocenters. The minimum Gasteiger partial charge on any atom is -0.504 e. The summed E-state index contributed by atoms with van der Waals surface area (Å²) in [6, 6.07) is 16.8. The maximum atomic E-state index is 12.4. The van der Waals surface area contributed by atoms with Crippen molar-refractivity contribution in [2.24, 2.45) is 0 Å². The average Bonchev–Trinajstić information content (AvgIpc) is 3.08. The molecule has 0 saturated carbocycles. The lowest BCUT2D eigenvalue weighted by molar-refractivity contribution is 0.104. The minimum absolute atomic E-state index is 0.0666. The highest BCUT2D eigenvalue weighted by atomic mass is 32.2. The maximum Gasteiger partial charge on any atom is 0.294 e. The lowest BCUT2D eigenvalue weighted by atomic mass is 10.1. The molecule has 8 heteroatoms. The van der Waals surface area contributed by atoms with Crippen molar-refractivity contribution in [3.05, 3.63) is 88.5 Å². The van der Waals surface area contributed by atoms with Crippen LogP contribution in [0.25, 0.3) is 6.08 Å². The Morgan fingerprint density at radius 1 is 0.971 bits per heavy atom. The Balaban J connectivity index is 0.000000248. The van der Waals surface area contributed by atoms with Gasteiger partial charge in [-0.25, -0.2) is 0 Å². The monoisotopic (exact) mass is 481 g/mol. The van der Waals surface area contributed by atoms with E-state index in [1.807, 2.05) is 44.3 Å². The molecular formula is C26H27NO6S. The van der Waals surface area contributed by atoms with Gasteiger partial charge in [-0.2, -0.15) is 8.42 Å². The molecule has 7 nitrogen and oxygen atoms in total. The summed E-state index contributed by atoms with van der Waals surface area (Å²) in [7, 11) is -1.99. The first-order valence-electron chi connectivity index (χ1n) is 10.6. The van der Waals surface area contributed by atoms with Crippen molar-refractivity contribution in [3.8, 4) is 11.5 Å². The van der Waals surface area contributed by atoms with Crippen molar-refractivity contribution in [1.29, 1.82) is 0 Å². The first-order valence-corrected chi connectivity index (χ1v) is 12.1. The van der Waals surface area contributed by atoms with Gasteiger partial charge in [-0.05, 0) is 67.4 Å². The number of hydrogen-bond acceptors (Lipinski definition) is 6. The lowest BCUT2D eigenvalue weighted by Gasteiger charge is -2.16. The molecule has 1 aliphatic carbocycles. The topological polar surface area (TPSA) is 115 Å². The molecule has 0 aromatic heterocycles. The van der Waals surface area contributed by atoms with E-state index in [1.54, 1.807) is 12.1 Å². The summed E-state index contributed by atoms with van der Waals surface area (Å²) in [5, 5.41) is 19.1. The first kappa shape index (κ1) is 25.0. The van der Waals surface area contributed by atoms with E-state index < -0.39 is 10.1 Å². The number of anilines is 1. The van der Waals surface area contributed by atoms with Gasteiger partial charge in [-0.3, -0.25) is 9.35 Å². The number of Topliss-reactive ketones (excluding diaryl/α,β-unsaturated/α-hetero) is 1. The molecule has 0 fully saturated rings. The van der Waals surface area contributed by atoms with Crippen LogP contribution in [0.2, 0.25) is 0 Å². The molecule has 0 atom stereocenters. The van der Waals surface area contributed by atoms with Gasteiger partial charge in [0.05, 0.1) is 4.90 Å². The number of phenols is 2. The third kappa shape index (κ3) is 5.84. The van der Waals surface area contributed by atoms with E-state index in [4.69, 9.17) is 4.55 Å². The molecule has 0 bridgehead atoms. The minimum atomic E-state index is -4.02. The standard InChI is InChI=1S/C19H19NO3.C7H8O3S/c1-3-20(2)15-6-4-12(5-7-15)8-14-9-13-10-17(21)18(22)11-16(13)19(14)23;1-6-2-4-7(5-3-6)11(8,9)10/h4-8,10-11,21-22H,3,9H2,1-2H3;2-5H,1H3,(H,8,9,10)/b14-8+;. The number of benzene rings is 3. The zero-order valence-electron chi connectivity index (χ0n) is 19.2. The van der Waals surface area contributed by atoms with E-state index >= 15 is 0 Å². The van der Waals surface area contributed by atoms with Crippen LogP contribution in [0.1, 0.15) is 34.0 Å². The molecule has 0 radical (unpaired) electrons. The lowest BCUT2D eigenvalue weighted by Crippen LogP contribution is -2.15. The van der Waals surface area contributed by atoms with Gasteiger partial charge in [0.15, 0.2) is 17.3 Å². The summed E-state index contributed by atoms with van der Waals surface area (Å²) < 4.78 is 29.6. The SMILES string of the molecule is CCN(C)c1ccc(/C=C2\Cc3cc(O)c(O)cc3C2=O)cc1.Cc1ccc(S(=O)(=O)O)cc1. The highest BCUT2D eigenvalue weighted by Gasteiger charge is 2.26. The van der Waals surface area contributed by atoms with Gasteiger partial charge in [-0.15, -0.1) is 0 Å². The molecule has 0 aliphatic heterocycles. The van der Waals surface area contributed by atoms with Crippen LogP contribution in [0.15, 0.2) is 71.1 Å². The van der Waals surface area contributed by atoms with Crippen LogP contribution >= 0.6 is 0 Å². The molecule has 3 aromatic carbocycles. The number of aromatic hydroxyl groups is 2. The molecule has 3 aromatic rings. The number of hydrogen-bond donors (Lipinski definition) is 3. The van der Waals surface area contributed by atoms with Crippen LogP contribution in [0, 0.1) is 6.92 Å². The first-order chi connectivity index (χ1) is 16.0. The second kappa shape index (κ2) is 10.1. The second-order valence-corrected chi connectivity index (χ2v) is 9.49. The van der Waals surface area contributed by atoms with Gasteiger partial charge < -0.3 is 15.1 Å². The number of carbonyl (C=O) groups excluding carboxylic acids is 1. The zero-order chi connectivity index (χ0) is 25.0. The molecule has 0 saturated heterocycles. The molecule has 1 aliphatic rings. The summed E-state index contributed by atoms with van der Waals surface area (Å²) in [6.07, 6.45) is 2.34. The summed E-state index contributed by atoms with van der Waals surface area (Å²) >= 11 is 0. The van der Waals surface area contributed by atoms with Crippen molar-refractivity contribution in [3.63, 3.8) is 0 Å². The van der Waals surface area contributed by atoms with Crippen LogP contribution in [0.4, 0.5) is 5.69 Å². The highest BCUT2D eigenvalue weighted by Crippen LogP contribution is 2.35. The largest absolute Gasteiger partial charge is 0.504 e. The number of aryl methyl sites for hydroxylation is 1. The van der Waals surface area contributed by atoms with Gasteiger partial charge in [0.2, 0.25) is 0 Å². The summed E-state index contributed by atoms with van der Waals surface area (Å²) in [5.41, 5.74) is 4.93. The average molecular weight is 482 g/mol. The van der Waals surface area contributed by atoms with E-state index in [-0.39, 0.29) is 22.2 Å². The number of ketones is 1. The number of rotatable bonds is 4. The second-order valence-electron chi connectivity index (χ2n) is 8.07. The molecule has 4 rings (SSSR count). The summed E-state index contributed by atoms with van der Waals surface area (Å²) in [4.78, 5) is 14.5. The molecular weight excluding hydrogens is 454 g/mol.